The van der Waals surface area contributed by atoms with Crippen molar-refractivity contribution < 1.29 is 14.3 Å². The van der Waals surface area contributed by atoms with Crippen LogP contribution in [-0.2, 0) is 15.9 Å². The lowest BCUT2D eigenvalue weighted by atomic mass is 9.99. The summed E-state index contributed by atoms with van der Waals surface area (Å²) in [5.41, 5.74) is 2.44. The number of benzene rings is 2. The van der Waals surface area contributed by atoms with Crippen LogP contribution in [0.5, 0.6) is 0 Å². The number of rotatable bonds is 5. The van der Waals surface area contributed by atoms with Gasteiger partial charge in [-0.3, -0.25) is 4.90 Å². The van der Waals surface area contributed by atoms with E-state index in [1.54, 1.807) is 19.1 Å². The minimum absolute atomic E-state index is 0.0746. The number of ether oxygens (including phenoxy) is 2. The molecule has 0 aliphatic carbocycles. The van der Waals surface area contributed by atoms with E-state index < -0.39 is 5.60 Å². The molecule has 0 spiro atoms. The zero-order valence-electron chi connectivity index (χ0n) is 15.7. The van der Waals surface area contributed by atoms with E-state index in [4.69, 9.17) is 9.47 Å². The Bertz CT molecular complexity index is 692. The van der Waals surface area contributed by atoms with Crippen LogP contribution in [0.15, 0.2) is 54.6 Å². The average molecular weight is 341 g/mol. The molecular weight excluding hydrogens is 314 g/mol. The van der Waals surface area contributed by atoms with Gasteiger partial charge >= 0.3 is 6.09 Å². The first-order valence-electron chi connectivity index (χ1n) is 8.44. The van der Waals surface area contributed by atoms with Gasteiger partial charge in [-0.25, -0.2) is 4.79 Å². The van der Waals surface area contributed by atoms with Gasteiger partial charge in [0, 0.05) is 26.3 Å². The highest BCUT2D eigenvalue weighted by molar-refractivity contribution is 5.88. The fourth-order valence-electron chi connectivity index (χ4n) is 2.64. The Labute approximate surface area is 150 Å². The molecule has 25 heavy (non-hydrogen) atoms. The maximum Gasteiger partial charge on any atom is 0.414 e. The monoisotopic (exact) mass is 341 g/mol. The minimum Gasteiger partial charge on any atom is -0.443 e. The summed E-state index contributed by atoms with van der Waals surface area (Å²) >= 11 is 0. The van der Waals surface area contributed by atoms with Gasteiger partial charge in [-0.05, 0) is 38.0 Å². The van der Waals surface area contributed by atoms with Crippen LogP contribution >= 0.6 is 0 Å². The third kappa shape index (κ3) is 5.33. The molecule has 0 heterocycles. The Morgan fingerprint density at radius 3 is 2.24 bits per heavy atom. The van der Waals surface area contributed by atoms with E-state index in [2.05, 4.69) is 0 Å². The molecule has 2 aromatic rings. The van der Waals surface area contributed by atoms with E-state index >= 15 is 0 Å². The largest absolute Gasteiger partial charge is 0.443 e. The number of anilines is 1. The minimum atomic E-state index is -0.528. The number of amides is 1. The number of carbonyl (C=O) groups is 1. The van der Waals surface area contributed by atoms with Crippen LogP contribution in [0.3, 0.4) is 0 Å². The molecular formula is C21H27NO3. The maximum absolute atomic E-state index is 12.4. The summed E-state index contributed by atoms with van der Waals surface area (Å²) in [5.74, 6) is 0. The molecule has 0 fully saturated rings. The molecule has 4 heteroatoms. The summed E-state index contributed by atoms with van der Waals surface area (Å²) in [5, 5.41) is 0. The molecule has 0 radical (unpaired) electrons. The van der Waals surface area contributed by atoms with Gasteiger partial charge in [0.15, 0.2) is 0 Å². The highest BCUT2D eigenvalue weighted by atomic mass is 16.6. The van der Waals surface area contributed by atoms with Crippen molar-refractivity contribution in [3.05, 3.63) is 65.7 Å². The van der Waals surface area contributed by atoms with Crippen molar-refractivity contribution in [1.82, 2.24) is 0 Å². The van der Waals surface area contributed by atoms with Gasteiger partial charge in [0.25, 0.3) is 0 Å². The molecule has 0 saturated heterocycles. The number of carbonyl (C=O) groups excluding carboxylic acids is 1. The van der Waals surface area contributed by atoms with Crippen molar-refractivity contribution in [3.8, 4) is 0 Å². The van der Waals surface area contributed by atoms with E-state index in [0.717, 1.165) is 16.8 Å². The second-order valence-electron chi connectivity index (χ2n) is 7.01. The second-order valence-corrected chi connectivity index (χ2v) is 7.01. The first kappa shape index (κ1) is 19.0. The van der Waals surface area contributed by atoms with E-state index in [0.29, 0.717) is 6.42 Å². The molecule has 0 aliphatic heterocycles. The molecule has 2 aromatic carbocycles. The molecule has 1 amide bonds. The van der Waals surface area contributed by atoms with Gasteiger partial charge in [0.1, 0.15) is 5.60 Å². The lowest BCUT2D eigenvalue weighted by Gasteiger charge is -2.27. The van der Waals surface area contributed by atoms with Crippen LogP contribution in [0.2, 0.25) is 0 Å². The summed E-state index contributed by atoms with van der Waals surface area (Å²) < 4.78 is 11.2. The zero-order valence-corrected chi connectivity index (χ0v) is 15.7. The smallest absolute Gasteiger partial charge is 0.414 e. The number of para-hydroxylation sites is 1. The third-order valence-electron chi connectivity index (χ3n) is 3.88. The van der Waals surface area contributed by atoms with Gasteiger partial charge in [-0.1, -0.05) is 48.5 Å². The number of methoxy groups -OCH3 is 1. The summed E-state index contributed by atoms with van der Waals surface area (Å²) in [7, 11) is 3.44. The fourth-order valence-corrected chi connectivity index (χ4v) is 2.64. The molecule has 134 valence electrons. The normalized spacial score (nSPS) is 12.5. The summed E-state index contributed by atoms with van der Waals surface area (Å²) in [4.78, 5) is 14.0. The molecule has 0 bridgehead atoms. The van der Waals surface area contributed by atoms with Gasteiger partial charge < -0.3 is 9.47 Å². The predicted molar refractivity (Wildman–Crippen MR) is 101 cm³/mol. The van der Waals surface area contributed by atoms with Crippen LogP contribution in [-0.4, -0.2) is 25.9 Å². The van der Waals surface area contributed by atoms with Crippen molar-refractivity contribution in [1.29, 1.82) is 0 Å². The first-order chi connectivity index (χ1) is 11.8. The molecule has 0 aliphatic rings. The zero-order chi connectivity index (χ0) is 18.4. The van der Waals surface area contributed by atoms with Crippen molar-refractivity contribution in [2.24, 2.45) is 0 Å². The van der Waals surface area contributed by atoms with Gasteiger partial charge in [-0.2, -0.15) is 0 Å². The Morgan fingerprint density at radius 1 is 1.04 bits per heavy atom. The van der Waals surface area contributed by atoms with Crippen molar-refractivity contribution >= 4 is 11.8 Å². The Balaban J connectivity index is 2.24. The molecule has 0 aromatic heterocycles. The highest BCUT2D eigenvalue weighted by Gasteiger charge is 2.23. The van der Waals surface area contributed by atoms with E-state index in [1.807, 2.05) is 75.4 Å². The summed E-state index contributed by atoms with van der Waals surface area (Å²) in [6.07, 6.45) is 0.229. The molecule has 0 saturated carbocycles. The summed E-state index contributed by atoms with van der Waals surface area (Å²) in [6, 6.07) is 17.9. The van der Waals surface area contributed by atoms with Crippen molar-refractivity contribution in [2.45, 2.75) is 38.9 Å². The number of hydrogen-bond acceptors (Lipinski definition) is 3. The van der Waals surface area contributed by atoms with E-state index in [9.17, 15) is 4.79 Å². The SMILES string of the molecule is CO[C@@H](Cc1ccccc1N(C)C(=O)OC(C)(C)C)c1ccccc1. The van der Waals surface area contributed by atoms with Crippen LogP contribution in [0.25, 0.3) is 0 Å². The van der Waals surface area contributed by atoms with E-state index in [-0.39, 0.29) is 12.2 Å². The number of nitrogens with zero attached hydrogens (tertiary/aromatic N) is 1. The summed E-state index contributed by atoms with van der Waals surface area (Å²) in [6.45, 7) is 5.59. The molecule has 1 atom stereocenters. The van der Waals surface area contributed by atoms with Crippen molar-refractivity contribution in [2.75, 3.05) is 19.1 Å². The Morgan fingerprint density at radius 2 is 1.64 bits per heavy atom. The molecule has 0 N–H and O–H groups in total. The number of hydrogen-bond donors (Lipinski definition) is 0. The van der Waals surface area contributed by atoms with Gasteiger partial charge in [0.05, 0.1) is 6.10 Å². The lowest BCUT2D eigenvalue weighted by Crippen LogP contribution is -2.34. The third-order valence-corrected chi connectivity index (χ3v) is 3.88. The van der Waals surface area contributed by atoms with Crippen LogP contribution in [0.1, 0.15) is 38.0 Å². The topological polar surface area (TPSA) is 38.8 Å². The highest BCUT2D eigenvalue weighted by Crippen LogP contribution is 2.28. The standard InChI is InChI=1S/C21H27NO3/c1-21(2,3)25-20(23)22(4)18-14-10-9-13-17(18)15-19(24-5)16-11-7-6-8-12-16/h6-14,19H,15H2,1-5H3/t19-/m0/s1. The lowest BCUT2D eigenvalue weighted by molar-refractivity contribution is 0.0588. The Hall–Kier alpha value is -2.33. The maximum atomic E-state index is 12.4. The molecule has 2 rings (SSSR count). The van der Waals surface area contributed by atoms with Gasteiger partial charge in [-0.15, -0.1) is 0 Å². The van der Waals surface area contributed by atoms with Crippen LogP contribution in [0.4, 0.5) is 10.5 Å². The van der Waals surface area contributed by atoms with Crippen LogP contribution in [0, 0.1) is 0 Å². The van der Waals surface area contributed by atoms with Crippen molar-refractivity contribution in [3.63, 3.8) is 0 Å². The quantitative estimate of drug-likeness (QED) is 0.769. The molecule has 4 nitrogen and oxygen atoms in total. The second kappa shape index (κ2) is 8.17. The van der Waals surface area contributed by atoms with E-state index in [1.165, 1.54) is 0 Å². The van der Waals surface area contributed by atoms with Gasteiger partial charge in [0.2, 0.25) is 0 Å². The Kier molecular flexibility index (Phi) is 6.21. The average Bonchev–Trinajstić information content (AvgIpc) is 2.58. The fraction of sp³-hybridized carbons (Fsp3) is 0.381. The first-order valence-corrected chi connectivity index (χ1v) is 8.44. The predicted octanol–water partition coefficient (Wildman–Crippen LogP) is 4.99. The van der Waals surface area contributed by atoms with Crippen LogP contribution < -0.4 is 4.90 Å². The molecule has 0 unspecified atom stereocenters.